The van der Waals surface area contributed by atoms with Crippen molar-refractivity contribution in [1.29, 1.82) is 0 Å². The molecule has 3 aromatic rings. The fourth-order valence-corrected chi connectivity index (χ4v) is 3.32. The number of hydrogen-bond acceptors (Lipinski definition) is 6. The molecule has 1 aromatic carbocycles. The van der Waals surface area contributed by atoms with Gasteiger partial charge in [-0.1, -0.05) is 0 Å². The number of rotatable bonds is 4. The molecule has 144 valence electrons. The van der Waals surface area contributed by atoms with Gasteiger partial charge in [-0.3, -0.25) is 4.79 Å². The number of furan rings is 1. The van der Waals surface area contributed by atoms with Gasteiger partial charge in [0.1, 0.15) is 17.4 Å². The summed E-state index contributed by atoms with van der Waals surface area (Å²) in [6.07, 6.45) is 1.52. The molecule has 7 heteroatoms. The number of aryl methyl sites for hydroxylation is 1. The van der Waals surface area contributed by atoms with Gasteiger partial charge in [0.05, 0.1) is 19.1 Å². The molecule has 2 aromatic heterocycles. The first-order chi connectivity index (χ1) is 13.6. The number of ether oxygens (including phenoxy) is 1. The summed E-state index contributed by atoms with van der Waals surface area (Å²) in [6.45, 7) is 4.57. The lowest BCUT2D eigenvalue weighted by atomic mass is 10.1. The fourth-order valence-electron chi connectivity index (χ4n) is 3.32. The number of methoxy groups -OCH3 is 1. The lowest BCUT2D eigenvalue weighted by Crippen LogP contribution is -2.49. The van der Waals surface area contributed by atoms with Crippen molar-refractivity contribution in [2.75, 3.05) is 38.2 Å². The standard InChI is InChI=1S/C21H22N4O3/c1-15-22-18(16-5-7-17(27-2)8-6-16)14-20(23-15)24-9-11-25(12-10-24)21(26)19-4-3-13-28-19/h3-8,13-14H,9-12H2,1-2H3. The van der Waals surface area contributed by atoms with Crippen LogP contribution in [0.5, 0.6) is 5.75 Å². The smallest absolute Gasteiger partial charge is 0.289 e. The number of piperazine rings is 1. The van der Waals surface area contributed by atoms with Gasteiger partial charge < -0.3 is 19.0 Å². The SMILES string of the molecule is COc1ccc(-c2cc(N3CCN(C(=O)c4ccco4)CC3)nc(C)n2)cc1. The third kappa shape index (κ3) is 3.69. The van der Waals surface area contributed by atoms with Gasteiger partial charge in [0.25, 0.3) is 5.91 Å². The first kappa shape index (κ1) is 18.0. The van der Waals surface area contributed by atoms with E-state index in [9.17, 15) is 4.79 Å². The highest BCUT2D eigenvalue weighted by Gasteiger charge is 2.24. The molecule has 1 aliphatic heterocycles. The Kier molecular flexibility index (Phi) is 4.97. The van der Waals surface area contributed by atoms with Gasteiger partial charge in [0, 0.05) is 37.8 Å². The predicted octanol–water partition coefficient (Wildman–Crippen LogP) is 3.02. The average molecular weight is 378 g/mol. The van der Waals surface area contributed by atoms with E-state index in [1.807, 2.05) is 42.2 Å². The summed E-state index contributed by atoms with van der Waals surface area (Å²) in [5.41, 5.74) is 1.89. The summed E-state index contributed by atoms with van der Waals surface area (Å²) in [4.78, 5) is 25.6. The van der Waals surface area contributed by atoms with E-state index in [4.69, 9.17) is 9.15 Å². The van der Waals surface area contributed by atoms with E-state index in [1.165, 1.54) is 6.26 Å². The summed E-state index contributed by atoms with van der Waals surface area (Å²) in [5.74, 6) is 2.73. The molecule has 4 rings (SSSR count). The van der Waals surface area contributed by atoms with Crippen molar-refractivity contribution in [3.63, 3.8) is 0 Å². The summed E-state index contributed by atoms with van der Waals surface area (Å²) >= 11 is 0. The highest BCUT2D eigenvalue weighted by Crippen LogP contribution is 2.25. The van der Waals surface area contributed by atoms with Crippen LogP contribution >= 0.6 is 0 Å². The monoisotopic (exact) mass is 378 g/mol. The molecule has 0 spiro atoms. The van der Waals surface area contributed by atoms with E-state index >= 15 is 0 Å². The summed E-state index contributed by atoms with van der Waals surface area (Å²) in [5, 5.41) is 0. The van der Waals surface area contributed by atoms with Gasteiger partial charge in [-0.25, -0.2) is 9.97 Å². The van der Waals surface area contributed by atoms with Crippen molar-refractivity contribution in [3.05, 3.63) is 60.3 Å². The minimum absolute atomic E-state index is 0.0672. The van der Waals surface area contributed by atoms with Crippen LogP contribution in [0.25, 0.3) is 11.3 Å². The van der Waals surface area contributed by atoms with Crippen molar-refractivity contribution in [2.45, 2.75) is 6.92 Å². The molecular formula is C21H22N4O3. The maximum atomic E-state index is 12.4. The van der Waals surface area contributed by atoms with Gasteiger partial charge in [-0.2, -0.15) is 0 Å². The van der Waals surface area contributed by atoms with Crippen molar-refractivity contribution in [2.24, 2.45) is 0 Å². The Bertz CT molecular complexity index is 946. The Morgan fingerprint density at radius 3 is 2.46 bits per heavy atom. The lowest BCUT2D eigenvalue weighted by Gasteiger charge is -2.35. The van der Waals surface area contributed by atoms with E-state index in [0.717, 1.165) is 28.6 Å². The molecule has 28 heavy (non-hydrogen) atoms. The Balaban J connectivity index is 1.49. The number of nitrogens with zero attached hydrogens (tertiary/aromatic N) is 4. The number of carbonyl (C=O) groups is 1. The van der Waals surface area contributed by atoms with Crippen LogP contribution in [0.15, 0.2) is 53.1 Å². The second-order valence-electron chi connectivity index (χ2n) is 6.64. The molecular weight excluding hydrogens is 356 g/mol. The second-order valence-corrected chi connectivity index (χ2v) is 6.64. The Morgan fingerprint density at radius 1 is 1.07 bits per heavy atom. The molecule has 0 bridgehead atoms. The minimum Gasteiger partial charge on any atom is -0.497 e. The van der Waals surface area contributed by atoms with Crippen LogP contribution in [0.1, 0.15) is 16.4 Å². The molecule has 0 unspecified atom stereocenters. The van der Waals surface area contributed by atoms with Crippen LogP contribution in [-0.4, -0.2) is 54.1 Å². The maximum Gasteiger partial charge on any atom is 0.289 e. The van der Waals surface area contributed by atoms with Crippen LogP contribution in [0.3, 0.4) is 0 Å². The van der Waals surface area contributed by atoms with Crippen molar-refractivity contribution >= 4 is 11.7 Å². The first-order valence-electron chi connectivity index (χ1n) is 9.22. The van der Waals surface area contributed by atoms with E-state index in [2.05, 4.69) is 14.9 Å². The number of amides is 1. The summed E-state index contributed by atoms with van der Waals surface area (Å²) in [6, 6.07) is 13.3. The second kappa shape index (κ2) is 7.72. The lowest BCUT2D eigenvalue weighted by molar-refractivity contribution is 0.0714. The van der Waals surface area contributed by atoms with E-state index < -0.39 is 0 Å². The third-order valence-corrected chi connectivity index (χ3v) is 4.83. The summed E-state index contributed by atoms with van der Waals surface area (Å²) < 4.78 is 10.4. The van der Waals surface area contributed by atoms with Crippen LogP contribution in [0.4, 0.5) is 5.82 Å². The highest BCUT2D eigenvalue weighted by molar-refractivity contribution is 5.91. The van der Waals surface area contributed by atoms with Gasteiger partial charge in [-0.15, -0.1) is 0 Å². The topological polar surface area (TPSA) is 71.7 Å². The molecule has 0 saturated carbocycles. The van der Waals surface area contributed by atoms with Crippen molar-refractivity contribution < 1.29 is 13.9 Å². The first-order valence-corrected chi connectivity index (χ1v) is 9.22. The van der Waals surface area contributed by atoms with Gasteiger partial charge in [-0.05, 0) is 43.3 Å². The van der Waals surface area contributed by atoms with Crippen LogP contribution in [0.2, 0.25) is 0 Å². The molecule has 1 fully saturated rings. The largest absolute Gasteiger partial charge is 0.497 e. The fraction of sp³-hybridized carbons (Fsp3) is 0.286. The molecule has 1 amide bonds. The van der Waals surface area contributed by atoms with Gasteiger partial charge in [0.15, 0.2) is 5.76 Å². The van der Waals surface area contributed by atoms with Gasteiger partial charge >= 0.3 is 0 Å². The number of benzene rings is 1. The molecule has 1 aliphatic rings. The molecule has 3 heterocycles. The van der Waals surface area contributed by atoms with Crippen LogP contribution < -0.4 is 9.64 Å². The number of aromatic nitrogens is 2. The van der Waals surface area contributed by atoms with Crippen molar-refractivity contribution in [3.8, 4) is 17.0 Å². The van der Waals surface area contributed by atoms with Crippen molar-refractivity contribution in [1.82, 2.24) is 14.9 Å². The van der Waals surface area contributed by atoms with E-state index in [-0.39, 0.29) is 5.91 Å². The van der Waals surface area contributed by atoms with E-state index in [1.54, 1.807) is 19.2 Å². The molecule has 0 N–H and O–H groups in total. The Labute approximate surface area is 163 Å². The molecule has 7 nitrogen and oxygen atoms in total. The minimum atomic E-state index is -0.0672. The molecule has 1 saturated heterocycles. The van der Waals surface area contributed by atoms with Gasteiger partial charge in [0.2, 0.25) is 0 Å². The van der Waals surface area contributed by atoms with Crippen LogP contribution in [-0.2, 0) is 0 Å². The average Bonchev–Trinajstić information content (AvgIpc) is 3.28. The summed E-state index contributed by atoms with van der Waals surface area (Å²) in [7, 11) is 1.65. The molecule has 0 atom stereocenters. The molecule has 0 aliphatic carbocycles. The zero-order valence-electron chi connectivity index (χ0n) is 16.0. The quantitative estimate of drug-likeness (QED) is 0.695. The number of hydrogen-bond donors (Lipinski definition) is 0. The third-order valence-electron chi connectivity index (χ3n) is 4.83. The zero-order chi connectivity index (χ0) is 19.5. The molecule has 0 radical (unpaired) electrons. The maximum absolute atomic E-state index is 12.4. The van der Waals surface area contributed by atoms with E-state index in [0.29, 0.717) is 31.9 Å². The highest BCUT2D eigenvalue weighted by atomic mass is 16.5. The normalized spacial score (nSPS) is 14.2. The predicted molar refractivity (Wildman–Crippen MR) is 106 cm³/mol. The Hall–Kier alpha value is -3.35. The van der Waals surface area contributed by atoms with Crippen LogP contribution in [0, 0.1) is 6.92 Å². The Morgan fingerprint density at radius 2 is 1.82 bits per heavy atom. The zero-order valence-corrected chi connectivity index (χ0v) is 16.0. The number of carbonyl (C=O) groups excluding carboxylic acids is 1. The number of anilines is 1.